The third kappa shape index (κ3) is 3.65. The Kier molecular flexibility index (Phi) is 4.93. The third-order valence-electron chi connectivity index (χ3n) is 4.00. The molecule has 0 radical (unpaired) electrons. The second kappa shape index (κ2) is 6.90. The van der Waals surface area contributed by atoms with Crippen molar-refractivity contribution in [3.63, 3.8) is 0 Å². The van der Waals surface area contributed by atoms with Gasteiger partial charge in [0.05, 0.1) is 6.04 Å². The molecule has 2 aliphatic rings. The average Bonchev–Trinajstić information content (AvgIpc) is 2.56. The summed E-state index contributed by atoms with van der Waals surface area (Å²) in [5, 5.41) is 4.08. The summed E-state index contributed by atoms with van der Waals surface area (Å²) in [6.07, 6.45) is 0. The van der Waals surface area contributed by atoms with Gasteiger partial charge in [-0.3, -0.25) is 4.79 Å². The average molecular weight is 326 g/mol. The third-order valence-corrected chi connectivity index (χ3v) is 5.32. The van der Waals surface area contributed by atoms with Crippen LogP contribution in [0.15, 0.2) is 24.3 Å². The van der Waals surface area contributed by atoms with Crippen molar-refractivity contribution in [3.8, 4) is 0 Å². The Morgan fingerprint density at radius 2 is 1.90 bits per heavy atom. The van der Waals surface area contributed by atoms with E-state index in [-0.39, 0.29) is 11.9 Å². The van der Waals surface area contributed by atoms with Gasteiger partial charge in [-0.2, -0.15) is 11.8 Å². The van der Waals surface area contributed by atoms with Crippen LogP contribution in [0.4, 0.5) is 5.69 Å². The molecule has 0 aromatic heterocycles. The summed E-state index contributed by atoms with van der Waals surface area (Å²) in [6, 6.07) is 7.92. The number of hydrogen-bond donors (Lipinski definition) is 1. The van der Waals surface area contributed by atoms with Crippen LogP contribution in [0.3, 0.4) is 0 Å². The Morgan fingerprint density at radius 3 is 2.52 bits per heavy atom. The molecule has 1 unspecified atom stereocenters. The Hall–Kier alpha value is -0.910. The predicted molar refractivity (Wildman–Crippen MR) is 89.4 cm³/mol. The first kappa shape index (κ1) is 15.0. The molecule has 3 rings (SSSR count). The van der Waals surface area contributed by atoms with Crippen LogP contribution in [0.2, 0.25) is 5.02 Å². The lowest BCUT2D eigenvalue weighted by atomic mass is 10.2. The zero-order valence-electron chi connectivity index (χ0n) is 11.9. The van der Waals surface area contributed by atoms with Gasteiger partial charge in [-0.05, 0) is 24.3 Å². The number of anilines is 1. The maximum Gasteiger partial charge on any atom is 0.240 e. The van der Waals surface area contributed by atoms with E-state index in [1.54, 1.807) is 0 Å². The number of benzene rings is 1. The quantitative estimate of drug-likeness (QED) is 0.897. The van der Waals surface area contributed by atoms with E-state index in [1.807, 2.05) is 40.9 Å². The van der Waals surface area contributed by atoms with Crippen LogP contribution < -0.4 is 10.2 Å². The molecule has 1 aromatic rings. The molecule has 1 aromatic carbocycles. The number of amides is 1. The van der Waals surface area contributed by atoms with Gasteiger partial charge in [0.2, 0.25) is 5.91 Å². The van der Waals surface area contributed by atoms with Gasteiger partial charge < -0.3 is 15.1 Å². The molecular weight excluding hydrogens is 306 g/mol. The highest BCUT2D eigenvalue weighted by molar-refractivity contribution is 7.99. The molecule has 6 heteroatoms. The van der Waals surface area contributed by atoms with Crippen molar-refractivity contribution in [1.29, 1.82) is 0 Å². The summed E-state index contributed by atoms with van der Waals surface area (Å²) >= 11 is 7.78. The Morgan fingerprint density at radius 1 is 1.19 bits per heavy atom. The first-order valence-electron chi connectivity index (χ1n) is 7.34. The minimum atomic E-state index is 0.00540. The number of nitrogens with zero attached hydrogens (tertiary/aromatic N) is 2. The maximum absolute atomic E-state index is 12.5. The molecule has 2 heterocycles. The van der Waals surface area contributed by atoms with Gasteiger partial charge in [0.1, 0.15) is 0 Å². The van der Waals surface area contributed by atoms with E-state index in [0.717, 1.165) is 49.3 Å². The van der Waals surface area contributed by atoms with E-state index < -0.39 is 0 Å². The molecule has 1 atom stereocenters. The molecule has 1 N–H and O–H groups in total. The van der Waals surface area contributed by atoms with Gasteiger partial charge in [0.15, 0.2) is 0 Å². The lowest BCUT2D eigenvalue weighted by Gasteiger charge is -2.38. The second-order valence-corrected chi connectivity index (χ2v) is 6.96. The van der Waals surface area contributed by atoms with Crippen LogP contribution in [-0.4, -0.2) is 61.1 Å². The zero-order valence-corrected chi connectivity index (χ0v) is 13.5. The van der Waals surface area contributed by atoms with Crippen molar-refractivity contribution < 1.29 is 4.79 Å². The van der Waals surface area contributed by atoms with E-state index in [9.17, 15) is 4.79 Å². The van der Waals surface area contributed by atoms with E-state index in [0.29, 0.717) is 0 Å². The number of carbonyl (C=O) groups is 1. The molecule has 0 spiro atoms. The van der Waals surface area contributed by atoms with Gasteiger partial charge in [0.25, 0.3) is 0 Å². The van der Waals surface area contributed by atoms with E-state index >= 15 is 0 Å². The van der Waals surface area contributed by atoms with Crippen molar-refractivity contribution in [2.45, 2.75) is 6.04 Å². The van der Waals surface area contributed by atoms with Crippen molar-refractivity contribution >= 4 is 35.0 Å². The van der Waals surface area contributed by atoms with E-state index in [1.165, 1.54) is 5.69 Å². The number of piperazine rings is 1. The van der Waals surface area contributed by atoms with E-state index in [2.05, 4.69) is 10.2 Å². The molecule has 0 bridgehead atoms. The van der Waals surface area contributed by atoms with Gasteiger partial charge in [0, 0.05) is 54.9 Å². The van der Waals surface area contributed by atoms with Crippen LogP contribution in [0.1, 0.15) is 0 Å². The molecule has 2 saturated heterocycles. The van der Waals surface area contributed by atoms with Crippen molar-refractivity contribution in [2.24, 2.45) is 0 Å². The van der Waals surface area contributed by atoms with Gasteiger partial charge in [-0.25, -0.2) is 0 Å². The molecule has 114 valence electrons. The normalized spacial score (nSPS) is 23.2. The molecule has 4 nitrogen and oxygen atoms in total. The van der Waals surface area contributed by atoms with Gasteiger partial charge >= 0.3 is 0 Å². The summed E-state index contributed by atoms with van der Waals surface area (Å²) in [7, 11) is 0. The molecule has 0 saturated carbocycles. The van der Waals surface area contributed by atoms with Crippen molar-refractivity contribution in [3.05, 3.63) is 29.3 Å². The molecule has 21 heavy (non-hydrogen) atoms. The lowest BCUT2D eigenvalue weighted by molar-refractivity contribution is -0.133. The van der Waals surface area contributed by atoms with E-state index in [4.69, 9.17) is 11.6 Å². The Labute approximate surface area is 134 Å². The number of hydrogen-bond acceptors (Lipinski definition) is 4. The highest BCUT2D eigenvalue weighted by Gasteiger charge is 2.28. The molecule has 0 aliphatic carbocycles. The molecule has 1 amide bonds. The first-order valence-corrected chi connectivity index (χ1v) is 8.88. The van der Waals surface area contributed by atoms with Crippen LogP contribution in [0, 0.1) is 0 Å². The Bertz CT molecular complexity index is 482. The summed E-state index contributed by atoms with van der Waals surface area (Å²) in [6.45, 7) is 4.29. The minimum Gasteiger partial charge on any atom is -0.368 e. The lowest BCUT2D eigenvalue weighted by Crippen LogP contribution is -2.56. The highest BCUT2D eigenvalue weighted by atomic mass is 35.5. The summed E-state index contributed by atoms with van der Waals surface area (Å²) in [5.41, 5.74) is 1.18. The van der Waals surface area contributed by atoms with Gasteiger partial charge in [-0.15, -0.1) is 0 Å². The zero-order chi connectivity index (χ0) is 14.7. The first-order chi connectivity index (χ1) is 10.2. The fourth-order valence-electron chi connectivity index (χ4n) is 2.78. The van der Waals surface area contributed by atoms with Crippen LogP contribution >= 0.6 is 23.4 Å². The topological polar surface area (TPSA) is 35.6 Å². The SMILES string of the molecule is O=C(C1CSCCN1)N1CCN(c2ccc(Cl)cc2)CC1. The fourth-order valence-corrected chi connectivity index (χ4v) is 3.83. The van der Waals surface area contributed by atoms with Gasteiger partial charge in [-0.1, -0.05) is 11.6 Å². The molecule has 2 aliphatic heterocycles. The minimum absolute atomic E-state index is 0.00540. The summed E-state index contributed by atoms with van der Waals surface area (Å²) in [4.78, 5) is 16.8. The smallest absolute Gasteiger partial charge is 0.240 e. The van der Waals surface area contributed by atoms with Crippen molar-refractivity contribution in [2.75, 3.05) is 49.1 Å². The number of rotatable bonds is 2. The number of carbonyl (C=O) groups excluding carboxylic acids is 1. The molecule has 2 fully saturated rings. The number of nitrogens with one attached hydrogen (secondary N) is 1. The largest absolute Gasteiger partial charge is 0.368 e. The van der Waals surface area contributed by atoms with Crippen LogP contribution in [-0.2, 0) is 4.79 Å². The monoisotopic (exact) mass is 325 g/mol. The fraction of sp³-hybridized carbons (Fsp3) is 0.533. The van der Waals surface area contributed by atoms with Crippen LogP contribution in [0.5, 0.6) is 0 Å². The number of thioether (sulfide) groups is 1. The molecular formula is C15H20ClN3OS. The van der Waals surface area contributed by atoms with Crippen LogP contribution in [0.25, 0.3) is 0 Å². The predicted octanol–water partition coefficient (Wildman–Crippen LogP) is 1.69. The Balaban J connectivity index is 1.54. The highest BCUT2D eigenvalue weighted by Crippen LogP contribution is 2.20. The summed E-state index contributed by atoms with van der Waals surface area (Å²) < 4.78 is 0. The second-order valence-electron chi connectivity index (χ2n) is 5.37. The maximum atomic E-state index is 12.5. The standard InChI is InChI=1S/C15H20ClN3OS/c16-12-1-3-13(4-2-12)18-6-8-19(9-7-18)15(20)14-11-21-10-5-17-14/h1-4,14,17H,5-11H2. The number of halogens is 1. The van der Waals surface area contributed by atoms with Crippen molar-refractivity contribution in [1.82, 2.24) is 10.2 Å². The summed E-state index contributed by atoms with van der Waals surface area (Å²) in [5.74, 6) is 2.27.